The number of ether oxygens (including phenoxy) is 3. The van der Waals surface area contributed by atoms with Crippen molar-refractivity contribution in [3.63, 3.8) is 0 Å². The van der Waals surface area contributed by atoms with Gasteiger partial charge in [0.1, 0.15) is 29.5 Å². The van der Waals surface area contributed by atoms with Gasteiger partial charge in [-0.2, -0.15) is 0 Å². The van der Waals surface area contributed by atoms with Crippen LogP contribution in [0.25, 0.3) is 0 Å². The van der Waals surface area contributed by atoms with E-state index in [2.05, 4.69) is 11.9 Å². The Morgan fingerprint density at radius 1 is 1.02 bits per heavy atom. The predicted molar refractivity (Wildman–Crippen MR) is 174 cm³/mol. The van der Waals surface area contributed by atoms with E-state index in [1.807, 2.05) is 12.1 Å². The van der Waals surface area contributed by atoms with Crippen molar-refractivity contribution in [3.05, 3.63) is 90.2 Å². The minimum absolute atomic E-state index is 0.116. The number of phenols is 1. The zero-order valence-corrected chi connectivity index (χ0v) is 26.9. The minimum Gasteiger partial charge on any atom is -0.508 e. The zero-order chi connectivity index (χ0) is 32.8. The van der Waals surface area contributed by atoms with E-state index in [1.165, 1.54) is 53.5 Å². The third-order valence-electron chi connectivity index (χ3n) is 6.40. The van der Waals surface area contributed by atoms with Crippen molar-refractivity contribution in [1.29, 1.82) is 0 Å². The Kier molecular flexibility index (Phi) is 14.0. The molecule has 0 saturated carbocycles. The van der Waals surface area contributed by atoms with Crippen LogP contribution in [0.15, 0.2) is 79.1 Å². The van der Waals surface area contributed by atoms with E-state index in [-0.39, 0.29) is 25.7 Å². The molecule has 3 rings (SSSR count). The monoisotopic (exact) mass is 608 g/mol. The number of phenolic OH excluding ortho intramolecular Hbond substituents is 1. The molecule has 0 aromatic heterocycles. The van der Waals surface area contributed by atoms with Crippen LogP contribution >= 0.6 is 0 Å². The van der Waals surface area contributed by atoms with Gasteiger partial charge < -0.3 is 34.6 Å². The number of methoxy groups -OCH3 is 1. The number of hydrogen-bond acceptors (Lipinski definition) is 7. The van der Waals surface area contributed by atoms with Gasteiger partial charge in [0.2, 0.25) is 0 Å². The number of aromatic hydroxyl groups is 1. The van der Waals surface area contributed by atoms with Crippen LogP contribution in [0, 0.1) is 0 Å². The minimum atomic E-state index is -0.732. The van der Waals surface area contributed by atoms with Crippen LogP contribution in [-0.2, 0) is 27.1 Å². The second-order valence-corrected chi connectivity index (χ2v) is 12.0. The molecule has 1 aliphatic rings. The van der Waals surface area contributed by atoms with Crippen LogP contribution in [0.1, 0.15) is 58.6 Å². The molecule has 0 aliphatic heterocycles. The van der Waals surface area contributed by atoms with Crippen molar-refractivity contribution in [3.8, 4) is 11.5 Å². The molecule has 0 spiro atoms. The molecule has 2 aromatic rings. The van der Waals surface area contributed by atoms with Crippen molar-refractivity contribution in [2.75, 3.05) is 31.8 Å². The molecule has 240 valence electrons. The lowest BCUT2D eigenvalue weighted by Crippen LogP contribution is -2.48. The van der Waals surface area contributed by atoms with Gasteiger partial charge in [0.25, 0.3) is 5.91 Å². The molecule has 0 saturated heterocycles. The predicted octanol–water partition coefficient (Wildman–Crippen LogP) is 6.24. The smallest absolute Gasteiger partial charge is 0.408 e. The Bertz CT molecular complexity index is 1310. The van der Waals surface area contributed by atoms with Crippen LogP contribution < -0.4 is 15.0 Å². The molecule has 0 bridgehead atoms. The lowest BCUT2D eigenvalue weighted by molar-refractivity contribution is -0.114. The summed E-state index contributed by atoms with van der Waals surface area (Å²) in [5.74, 6) is 1.04. The van der Waals surface area contributed by atoms with Crippen LogP contribution in [0.5, 0.6) is 11.5 Å². The number of allylic oxidation sites excluding steroid dienone is 3. The largest absolute Gasteiger partial charge is 0.508 e. The van der Waals surface area contributed by atoms with Crippen LogP contribution in [0.3, 0.4) is 0 Å². The fourth-order valence-corrected chi connectivity index (χ4v) is 4.36. The quantitative estimate of drug-likeness (QED) is 0.157. The second kappa shape index (κ2) is 17.2. The molecule has 0 unspecified atom stereocenters. The van der Waals surface area contributed by atoms with E-state index in [0.717, 1.165) is 6.42 Å². The number of benzene rings is 2. The summed E-state index contributed by atoms with van der Waals surface area (Å²) >= 11 is 0. The van der Waals surface area contributed by atoms with Crippen molar-refractivity contribution in [2.45, 2.75) is 71.4 Å². The van der Waals surface area contributed by atoms with E-state index in [1.54, 1.807) is 78.1 Å². The number of carbonyl (C=O) groups is 2. The van der Waals surface area contributed by atoms with E-state index in [0.29, 0.717) is 22.9 Å². The van der Waals surface area contributed by atoms with E-state index in [4.69, 9.17) is 14.2 Å². The number of nitrogens with one attached hydrogen (secondary N) is 1. The van der Waals surface area contributed by atoms with Crippen molar-refractivity contribution in [1.82, 2.24) is 5.32 Å². The maximum atomic E-state index is 12.8. The fraction of sp³-hybridized carbons (Fsp3) is 0.429. The van der Waals surface area contributed by atoms with E-state index in [9.17, 15) is 19.8 Å². The topological polar surface area (TPSA) is 118 Å². The second-order valence-electron chi connectivity index (χ2n) is 12.0. The molecular formula is C35H48N2O7. The molecule has 0 atom stereocenters. The SMILES string of the molecule is C=C/C=C(\C=C/C(=O)N(CCO)c1cccc(OC)c1)OCC(C)(C)NC(=O)OC(C)(C)C.Oc1ccc2c(c1)CCCC2. The average Bonchev–Trinajstić information content (AvgIpc) is 2.96. The van der Waals surface area contributed by atoms with Crippen LogP contribution in [0.2, 0.25) is 0 Å². The van der Waals surface area contributed by atoms with Crippen molar-refractivity contribution < 1.29 is 34.0 Å². The highest BCUT2D eigenvalue weighted by Gasteiger charge is 2.25. The van der Waals surface area contributed by atoms with Gasteiger partial charge in [0.15, 0.2) is 0 Å². The van der Waals surface area contributed by atoms with Gasteiger partial charge in [-0.1, -0.05) is 24.8 Å². The van der Waals surface area contributed by atoms with Gasteiger partial charge in [-0.05, 0) is 108 Å². The van der Waals surface area contributed by atoms with Gasteiger partial charge in [0.05, 0.1) is 19.3 Å². The molecule has 44 heavy (non-hydrogen) atoms. The number of alkyl carbamates (subject to hydrolysis) is 1. The highest BCUT2D eigenvalue weighted by atomic mass is 16.6. The van der Waals surface area contributed by atoms with Crippen molar-refractivity contribution >= 4 is 17.7 Å². The van der Waals surface area contributed by atoms with Gasteiger partial charge in [-0.25, -0.2) is 4.79 Å². The van der Waals surface area contributed by atoms with E-state index >= 15 is 0 Å². The first-order chi connectivity index (χ1) is 20.8. The van der Waals surface area contributed by atoms with Gasteiger partial charge in [-0.3, -0.25) is 4.79 Å². The molecule has 0 fully saturated rings. The molecule has 1 aliphatic carbocycles. The molecule has 2 amide bonds. The number of fused-ring (bicyclic) bond motifs is 1. The summed E-state index contributed by atoms with van der Waals surface area (Å²) in [5.41, 5.74) is 2.02. The Morgan fingerprint density at radius 3 is 2.36 bits per heavy atom. The molecule has 9 nitrogen and oxygen atoms in total. The number of rotatable bonds is 11. The Balaban J connectivity index is 0.000000505. The Labute approximate surface area is 261 Å². The van der Waals surface area contributed by atoms with Gasteiger partial charge >= 0.3 is 6.09 Å². The number of aliphatic hydroxyl groups is 1. The number of aliphatic hydroxyl groups excluding tert-OH is 1. The summed E-state index contributed by atoms with van der Waals surface area (Å²) in [5, 5.41) is 21.4. The summed E-state index contributed by atoms with van der Waals surface area (Å²) in [6.07, 6.45) is 10.4. The zero-order valence-electron chi connectivity index (χ0n) is 26.9. The normalized spacial score (nSPS) is 13.2. The van der Waals surface area contributed by atoms with Gasteiger partial charge in [0, 0.05) is 24.4 Å². The van der Waals surface area contributed by atoms with Crippen LogP contribution in [0.4, 0.5) is 10.5 Å². The van der Waals surface area contributed by atoms with Crippen LogP contribution in [-0.4, -0.2) is 60.2 Å². The summed E-state index contributed by atoms with van der Waals surface area (Å²) in [6, 6.07) is 12.7. The maximum absolute atomic E-state index is 12.8. The Morgan fingerprint density at radius 2 is 1.73 bits per heavy atom. The first-order valence-corrected chi connectivity index (χ1v) is 14.8. The summed E-state index contributed by atoms with van der Waals surface area (Å²) < 4.78 is 16.3. The standard InChI is InChI=1S/C25H36N2O6.C10H12O/c1-8-10-20(32-18-25(5,6)26-23(30)33-24(2,3)4)13-14-22(29)27(15-16-28)19-11-9-12-21(17-19)31-7;11-10-6-5-8-3-1-2-4-9(8)7-10/h8-14,17,28H,1,15-16,18H2,2-7H3,(H,26,30);5-7,11H,1-4H2/b14-13-,20-10+;. The third-order valence-corrected chi connectivity index (χ3v) is 6.40. The summed E-state index contributed by atoms with van der Waals surface area (Å²) in [6.45, 7) is 12.7. The number of aryl methyl sites for hydroxylation is 2. The highest BCUT2D eigenvalue weighted by Crippen LogP contribution is 2.24. The van der Waals surface area contributed by atoms with Crippen molar-refractivity contribution in [2.24, 2.45) is 0 Å². The first-order valence-electron chi connectivity index (χ1n) is 14.8. The lowest BCUT2D eigenvalue weighted by atomic mass is 9.92. The fourth-order valence-electron chi connectivity index (χ4n) is 4.36. The number of amides is 2. The maximum Gasteiger partial charge on any atom is 0.408 e. The highest BCUT2D eigenvalue weighted by molar-refractivity contribution is 6.01. The number of nitrogens with zero attached hydrogens (tertiary/aromatic N) is 1. The molecule has 3 N–H and O–H groups in total. The number of carbonyl (C=O) groups excluding carboxylic acids is 2. The summed E-state index contributed by atoms with van der Waals surface area (Å²) in [4.78, 5) is 26.3. The van der Waals surface area contributed by atoms with Gasteiger partial charge in [-0.15, -0.1) is 0 Å². The molecule has 9 heteroatoms. The number of hydrogen-bond donors (Lipinski definition) is 3. The molecular weight excluding hydrogens is 560 g/mol. The molecule has 2 aromatic carbocycles. The Hall–Kier alpha value is -4.24. The third kappa shape index (κ3) is 13.0. The average molecular weight is 609 g/mol. The van der Waals surface area contributed by atoms with E-state index < -0.39 is 17.2 Å². The number of anilines is 1. The first kappa shape index (κ1) is 36.0. The lowest BCUT2D eigenvalue weighted by Gasteiger charge is -2.28. The summed E-state index contributed by atoms with van der Waals surface area (Å²) in [7, 11) is 1.54. The molecule has 0 radical (unpaired) electrons. The molecule has 0 heterocycles.